The van der Waals surface area contributed by atoms with E-state index in [1.54, 1.807) is 19.1 Å². The molecule has 0 fully saturated rings. The summed E-state index contributed by atoms with van der Waals surface area (Å²) >= 11 is 0. The molecule has 5 heteroatoms. The molecule has 2 rings (SSSR count). The number of carbonyl (C=O) groups is 1. The first-order chi connectivity index (χ1) is 9.04. The Labute approximate surface area is 111 Å². The summed E-state index contributed by atoms with van der Waals surface area (Å²) in [6.45, 7) is 2.70. The molecule has 1 atom stereocenters. The zero-order chi connectivity index (χ0) is 14.0. The fourth-order valence-electron chi connectivity index (χ4n) is 2.09. The number of carbonyl (C=O) groups excluding carboxylic acids is 1. The van der Waals surface area contributed by atoms with Gasteiger partial charge in [0.25, 0.3) is 0 Å². The number of ketones is 1. The molecule has 1 aromatic rings. The van der Waals surface area contributed by atoms with Crippen LogP contribution in [0, 0.1) is 11.7 Å². The molecule has 4 nitrogen and oxygen atoms in total. The highest BCUT2D eigenvalue weighted by molar-refractivity contribution is 6.05. The topological polar surface area (TPSA) is 67.2 Å². The molecule has 0 aromatic heterocycles. The zero-order valence-corrected chi connectivity index (χ0v) is 11.1. The predicted octanol–water partition coefficient (Wildman–Crippen LogP) is 1.02. The third kappa shape index (κ3) is 2.61. The second-order valence-electron chi connectivity index (χ2n) is 4.73. The van der Waals surface area contributed by atoms with E-state index in [4.69, 9.17) is 5.73 Å². The van der Waals surface area contributed by atoms with Crippen molar-refractivity contribution < 1.29 is 9.18 Å². The predicted molar refractivity (Wildman–Crippen MR) is 71.4 cm³/mol. The first kappa shape index (κ1) is 13.5. The van der Waals surface area contributed by atoms with Gasteiger partial charge in [-0.1, -0.05) is 6.07 Å². The first-order valence-corrected chi connectivity index (χ1v) is 6.24. The summed E-state index contributed by atoms with van der Waals surface area (Å²) in [7, 11) is 1.83. The van der Waals surface area contributed by atoms with E-state index in [1.165, 1.54) is 6.07 Å². The molecule has 0 amide bonds. The summed E-state index contributed by atoms with van der Waals surface area (Å²) in [5.41, 5.74) is 8.23. The lowest BCUT2D eigenvalue weighted by atomic mass is 9.87. The molecule has 1 aliphatic rings. The summed E-state index contributed by atoms with van der Waals surface area (Å²) in [5, 5.41) is 5.93. The van der Waals surface area contributed by atoms with Gasteiger partial charge in [0.05, 0.1) is 11.6 Å². The molecule has 0 bridgehead atoms. The molecular formula is C14H18FN3O. The van der Waals surface area contributed by atoms with Crippen LogP contribution in [-0.4, -0.2) is 12.8 Å². The van der Waals surface area contributed by atoms with Gasteiger partial charge in [0.15, 0.2) is 5.78 Å². The summed E-state index contributed by atoms with van der Waals surface area (Å²) in [6.07, 6.45) is 0. The number of allylic oxidation sites excluding steroid dienone is 2. The lowest BCUT2D eigenvalue weighted by Gasteiger charge is -2.27. The molecule has 0 saturated carbocycles. The number of nitrogens with one attached hydrogen (secondary N) is 2. The minimum atomic E-state index is -0.286. The van der Waals surface area contributed by atoms with Crippen LogP contribution >= 0.6 is 0 Å². The summed E-state index contributed by atoms with van der Waals surface area (Å²) in [6, 6.07) is 4.95. The van der Waals surface area contributed by atoms with Crippen molar-refractivity contribution in [1.29, 1.82) is 0 Å². The van der Waals surface area contributed by atoms with E-state index >= 15 is 0 Å². The van der Waals surface area contributed by atoms with Crippen LogP contribution in [0.2, 0.25) is 0 Å². The normalized spacial score (nSPS) is 18.5. The average Bonchev–Trinajstić information content (AvgIpc) is 2.42. The van der Waals surface area contributed by atoms with Crippen molar-refractivity contribution in [2.75, 3.05) is 7.05 Å². The SMILES string of the molecule is CNCc1ccc(F)c(CNC2=C(N)C(C)C2=O)c1. The van der Waals surface area contributed by atoms with Crippen LogP contribution in [0.3, 0.4) is 0 Å². The van der Waals surface area contributed by atoms with Crippen molar-refractivity contribution in [2.24, 2.45) is 11.7 Å². The Bertz CT molecular complexity index is 539. The second kappa shape index (κ2) is 5.40. The molecule has 0 saturated heterocycles. The number of rotatable bonds is 5. The molecule has 102 valence electrons. The Morgan fingerprint density at radius 2 is 2.11 bits per heavy atom. The molecule has 0 aliphatic heterocycles. The highest BCUT2D eigenvalue weighted by atomic mass is 19.1. The Morgan fingerprint density at radius 3 is 2.74 bits per heavy atom. The van der Waals surface area contributed by atoms with Gasteiger partial charge in [-0.05, 0) is 31.7 Å². The molecule has 19 heavy (non-hydrogen) atoms. The largest absolute Gasteiger partial charge is 0.400 e. The maximum Gasteiger partial charge on any atom is 0.189 e. The van der Waals surface area contributed by atoms with Gasteiger partial charge in [0.1, 0.15) is 5.82 Å². The van der Waals surface area contributed by atoms with Crippen molar-refractivity contribution in [3.8, 4) is 0 Å². The van der Waals surface area contributed by atoms with Crippen LogP contribution < -0.4 is 16.4 Å². The third-order valence-electron chi connectivity index (χ3n) is 3.34. The van der Waals surface area contributed by atoms with Crippen molar-refractivity contribution in [2.45, 2.75) is 20.0 Å². The Hall–Kier alpha value is -1.88. The van der Waals surface area contributed by atoms with Gasteiger partial charge in [-0.15, -0.1) is 0 Å². The number of hydrogen-bond acceptors (Lipinski definition) is 4. The summed E-state index contributed by atoms with van der Waals surface area (Å²) in [5.74, 6) is -0.515. The van der Waals surface area contributed by atoms with Crippen molar-refractivity contribution in [3.63, 3.8) is 0 Å². The van der Waals surface area contributed by atoms with Gasteiger partial charge in [0, 0.05) is 24.4 Å². The minimum Gasteiger partial charge on any atom is -0.400 e. The van der Waals surface area contributed by atoms with E-state index in [2.05, 4.69) is 10.6 Å². The van der Waals surface area contributed by atoms with Gasteiger partial charge < -0.3 is 16.4 Å². The van der Waals surface area contributed by atoms with Gasteiger partial charge >= 0.3 is 0 Å². The Morgan fingerprint density at radius 1 is 1.37 bits per heavy atom. The van der Waals surface area contributed by atoms with Crippen LogP contribution in [0.4, 0.5) is 4.39 Å². The zero-order valence-electron chi connectivity index (χ0n) is 11.1. The molecule has 1 aliphatic carbocycles. The number of benzene rings is 1. The van der Waals surface area contributed by atoms with Crippen LogP contribution in [0.1, 0.15) is 18.1 Å². The fraction of sp³-hybridized carbons (Fsp3) is 0.357. The van der Waals surface area contributed by atoms with Gasteiger partial charge in [-0.25, -0.2) is 4.39 Å². The first-order valence-electron chi connectivity index (χ1n) is 6.24. The van der Waals surface area contributed by atoms with E-state index in [9.17, 15) is 9.18 Å². The smallest absolute Gasteiger partial charge is 0.189 e. The highest BCUT2D eigenvalue weighted by Gasteiger charge is 2.33. The molecule has 1 aromatic carbocycles. The Balaban J connectivity index is 2.08. The number of hydrogen-bond donors (Lipinski definition) is 3. The van der Waals surface area contributed by atoms with Crippen molar-refractivity contribution in [3.05, 3.63) is 46.5 Å². The van der Waals surface area contributed by atoms with Gasteiger partial charge in [0.2, 0.25) is 0 Å². The number of Topliss-reactive ketones (excluding diaryl/α,β-unsaturated/α-hetero) is 1. The molecule has 0 heterocycles. The monoisotopic (exact) mass is 263 g/mol. The lowest BCUT2D eigenvalue weighted by molar-refractivity contribution is -0.120. The van der Waals surface area contributed by atoms with Crippen LogP contribution in [0.15, 0.2) is 29.6 Å². The Kier molecular flexibility index (Phi) is 3.85. The summed E-state index contributed by atoms with van der Waals surface area (Å²) < 4.78 is 13.7. The third-order valence-corrected chi connectivity index (χ3v) is 3.34. The number of halogens is 1. The fourth-order valence-corrected chi connectivity index (χ4v) is 2.09. The van der Waals surface area contributed by atoms with Crippen LogP contribution in [0.5, 0.6) is 0 Å². The standard InChI is InChI=1S/C14H18FN3O/c1-8-12(16)13(14(8)19)18-7-10-5-9(6-17-2)3-4-11(10)15/h3-5,8,17-18H,6-7,16H2,1-2H3. The second-order valence-corrected chi connectivity index (χ2v) is 4.73. The maximum atomic E-state index is 13.7. The van der Waals surface area contributed by atoms with Crippen molar-refractivity contribution >= 4 is 5.78 Å². The van der Waals surface area contributed by atoms with E-state index in [0.29, 0.717) is 23.5 Å². The van der Waals surface area contributed by atoms with Gasteiger partial charge in [-0.2, -0.15) is 0 Å². The quantitative estimate of drug-likeness (QED) is 0.742. The average molecular weight is 263 g/mol. The number of nitrogens with two attached hydrogens (primary N) is 1. The molecule has 1 unspecified atom stereocenters. The van der Waals surface area contributed by atoms with E-state index in [-0.39, 0.29) is 24.1 Å². The summed E-state index contributed by atoms with van der Waals surface area (Å²) in [4.78, 5) is 11.5. The van der Waals surface area contributed by atoms with E-state index < -0.39 is 0 Å². The minimum absolute atomic E-state index is 0.00992. The highest BCUT2D eigenvalue weighted by Crippen LogP contribution is 2.24. The maximum absolute atomic E-state index is 13.7. The molecule has 0 radical (unpaired) electrons. The molecular weight excluding hydrogens is 245 g/mol. The molecule has 4 N–H and O–H groups in total. The lowest BCUT2D eigenvalue weighted by Crippen LogP contribution is -2.40. The van der Waals surface area contributed by atoms with E-state index in [1.807, 2.05) is 7.05 Å². The van der Waals surface area contributed by atoms with Gasteiger partial charge in [-0.3, -0.25) is 4.79 Å². The van der Waals surface area contributed by atoms with Crippen LogP contribution in [-0.2, 0) is 17.9 Å². The van der Waals surface area contributed by atoms with Crippen molar-refractivity contribution in [1.82, 2.24) is 10.6 Å². The van der Waals surface area contributed by atoms with Crippen LogP contribution in [0.25, 0.3) is 0 Å². The molecule has 0 spiro atoms. The van der Waals surface area contributed by atoms with E-state index in [0.717, 1.165) is 5.56 Å².